The van der Waals surface area contributed by atoms with E-state index in [2.05, 4.69) is 17.2 Å². The molecular weight excluding hydrogens is 216 g/mol. The van der Waals surface area contributed by atoms with Gasteiger partial charge in [-0.25, -0.2) is 4.98 Å². The molecule has 0 amide bonds. The number of rotatable bonds is 2. The maximum atomic E-state index is 5.97. The molecule has 0 atom stereocenters. The Morgan fingerprint density at radius 1 is 1.50 bits per heavy atom. The van der Waals surface area contributed by atoms with Crippen LogP contribution >= 0.6 is 22.9 Å². The van der Waals surface area contributed by atoms with Crippen LogP contribution in [0.15, 0.2) is 12.1 Å². The number of nitrogens with one attached hydrogen (secondary N) is 1. The van der Waals surface area contributed by atoms with E-state index in [0.29, 0.717) is 0 Å². The number of hydrogen-bond donors (Lipinski definition) is 1. The van der Waals surface area contributed by atoms with Crippen LogP contribution in [0, 0.1) is 6.92 Å². The molecule has 4 heteroatoms. The van der Waals surface area contributed by atoms with Gasteiger partial charge in [-0.2, -0.15) is 0 Å². The van der Waals surface area contributed by atoms with Gasteiger partial charge < -0.3 is 5.32 Å². The van der Waals surface area contributed by atoms with Crippen LogP contribution in [-0.4, -0.2) is 11.5 Å². The number of aryl methyl sites for hydroxylation is 1. The predicted octanol–water partition coefficient (Wildman–Crippen LogP) is 3.69. The number of anilines is 1. The number of benzene rings is 1. The Balaban J connectivity index is 2.58. The summed E-state index contributed by atoms with van der Waals surface area (Å²) in [4.78, 5) is 4.49. The molecule has 0 radical (unpaired) electrons. The molecule has 0 saturated carbocycles. The van der Waals surface area contributed by atoms with Crippen molar-refractivity contribution in [2.75, 3.05) is 11.9 Å². The zero-order chi connectivity index (χ0) is 10.1. The smallest absolute Gasteiger partial charge is 0.183 e. The summed E-state index contributed by atoms with van der Waals surface area (Å²) in [6, 6.07) is 3.90. The van der Waals surface area contributed by atoms with Crippen LogP contribution < -0.4 is 5.32 Å². The third kappa shape index (κ3) is 1.70. The van der Waals surface area contributed by atoms with Crippen molar-refractivity contribution in [1.29, 1.82) is 0 Å². The number of halogens is 1. The Morgan fingerprint density at radius 2 is 2.29 bits per heavy atom. The van der Waals surface area contributed by atoms with Gasteiger partial charge >= 0.3 is 0 Å². The molecule has 0 fully saturated rings. The fourth-order valence-corrected chi connectivity index (χ4v) is 2.77. The summed E-state index contributed by atoms with van der Waals surface area (Å²) in [6.07, 6.45) is 0. The predicted molar refractivity (Wildman–Crippen MR) is 63.5 cm³/mol. The van der Waals surface area contributed by atoms with Crippen LogP contribution in [0.25, 0.3) is 10.2 Å². The zero-order valence-corrected chi connectivity index (χ0v) is 9.67. The first kappa shape index (κ1) is 9.74. The molecule has 1 heterocycles. The lowest BCUT2D eigenvalue weighted by molar-refractivity contribution is 1.20. The summed E-state index contributed by atoms with van der Waals surface area (Å²) in [5.41, 5.74) is 2.18. The summed E-state index contributed by atoms with van der Waals surface area (Å²) in [5, 5.41) is 4.95. The molecule has 2 nitrogen and oxygen atoms in total. The quantitative estimate of drug-likeness (QED) is 0.845. The first-order chi connectivity index (χ1) is 6.70. The normalized spacial score (nSPS) is 10.8. The maximum absolute atomic E-state index is 5.97. The first-order valence-electron chi connectivity index (χ1n) is 4.51. The largest absolute Gasteiger partial charge is 0.362 e. The lowest BCUT2D eigenvalue weighted by Gasteiger charge is -1.94. The van der Waals surface area contributed by atoms with Crippen molar-refractivity contribution in [3.63, 3.8) is 0 Å². The lowest BCUT2D eigenvalue weighted by atomic mass is 10.2. The fraction of sp³-hybridized carbons (Fsp3) is 0.300. The highest BCUT2D eigenvalue weighted by molar-refractivity contribution is 7.22. The molecule has 0 saturated heterocycles. The Morgan fingerprint density at radius 3 is 3.00 bits per heavy atom. The molecule has 0 bridgehead atoms. The monoisotopic (exact) mass is 226 g/mol. The van der Waals surface area contributed by atoms with Crippen LogP contribution in [0.3, 0.4) is 0 Å². The van der Waals surface area contributed by atoms with E-state index in [1.165, 1.54) is 0 Å². The van der Waals surface area contributed by atoms with Crippen molar-refractivity contribution >= 4 is 38.3 Å². The van der Waals surface area contributed by atoms with Crippen molar-refractivity contribution < 1.29 is 0 Å². The second kappa shape index (κ2) is 3.75. The van der Waals surface area contributed by atoms with Gasteiger partial charge in [0.2, 0.25) is 0 Å². The molecule has 0 spiro atoms. The topological polar surface area (TPSA) is 24.9 Å². The van der Waals surface area contributed by atoms with Crippen LogP contribution in [0.1, 0.15) is 12.5 Å². The van der Waals surface area contributed by atoms with Crippen molar-refractivity contribution in [2.24, 2.45) is 0 Å². The number of nitrogens with zero attached hydrogens (tertiary/aromatic N) is 1. The van der Waals surface area contributed by atoms with Gasteiger partial charge in [0.25, 0.3) is 0 Å². The Hall–Kier alpha value is -0.800. The van der Waals surface area contributed by atoms with Gasteiger partial charge in [-0.05, 0) is 31.5 Å². The van der Waals surface area contributed by atoms with E-state index in [-0.39, 0.29) is 0 Å². The summed E-state index contributed by atoms with van der Waals surface area (Å²) in [5.74, 6) is 0. The Labute approximate surface area is 91.9 Å². The van der Waals surface area contributed by atoms with Crippen LogP contribution in [0.4, 0.5) is 5.13 Å². The molecule has 14 heavy (non-hydrogen) atoms. The van der Waals surface area contributed by atoms with E-state index in [4.69, 9.17) is 11.6 Å². The maximum Gasteiger partial charge on any atom is 0.183 e. The van der Waals surface area contributed by atoms with E-state index >= 15 is 0 Å². The van der Waals surface area contributed by atoms with Crippen molar-refractivity contribution in [2.45, 2.75) is 13.8 Å². The van der Waals surface area contributed by atoms with Crippen LogP contribution in [0.2, 0.25) is 5.02 Å². The third-order valence-electron chi connectivity index (χ3n) is 1.98. The minimum atomic E-state index is 0.779. The van der Waals surface area contributed by atoms with Crippen LogP contribution in [-0.2, 0) is 0 Å². The minimum Gasteiger partial charge on any atom is -0.362 e. The number of aromatic nitrogens is 1. The Kier molecular flexibility index (Phi) is 2.61. The van der Waals surface area contributed by atoms with Gasteiger partial charge in [-0.3, -0.25) is 0 Å². The average Bonchev–Trinajstić information content (AvgIpc) is 2.48. The minimum absolute atomic E-state index is 0.779. The molecule has 0 aliphatic carbocycles. The van der Waals surface area contributed by atoms with Gasteiger partial charge in [0.05, 0.1) is 10.2 Å². The zero-order valence-electron chi connectivity index (χ0n) is 8.10. The molecule has 2 rings (SSSR count). The van der Waals surface area contributed by atoms with E-state index < -0.39 is 0 Å². The fourth-order valence-electron chi connectivity index (χ4n) is 1.38. The van der Waals surface area contributed by atoms with Gasteiger partial charge in [0.1, 0.15) is 0 Å². The molecular formula is C10H11ClN2S. The number of fused-ring (bicyclic) bond motifs is 1. The highest BCUT2D eigenvalue weighted by Gasteiger charge is 2.06. The Bertz CT molecular complexity index is 464. The van der Waals surface area contributed by atoms with Gasteiger partial charge in [-0.1, -0.05) is 22.9 Å². The number of thiazole rings is 1. The standard InChI is InChI=1S/C10H11ClN2S/c1-3-12-10-13-9-6(2)4-7(11)5-8(9)14-10/h4-5H,3H2,1-2H3,(H,12,13). The van der Waals surface area contributed by atoms with Crippen molar-refractivity contribution in [3.05, 3.63) is 22.7 Å². The second-order valence-electron chi connectivity index (χ2n) is 3.12. The third-order valence-corrected chi connectivity index (χ3v) is 3.16. The second-order valence-corrected chi connectivity index (χ2v) is 4.59. The molecule has 0 unspecified atom stereocenters. The van der Waals surface area contributed by atoms with E-state index in [0.717, 1.165) is 32.5 Å². The van der Waals surface area contributed by atoms with E-state index in [1.807, 2.05) is 19.1 Å². The number of hydrogen-bond acceptors (Lipinski definition) is 3. The van der Waals surface area contributed by atoms with Gasteiger partial charge in [0, 0.05) is 11.6 Å². The van der Waals surface area contributed by atoms with E-state index in [1.54, 1.807) is 11.3 Å². The van der Waals surface area contributed by atoms with Crippen molar-refractivity contribution in [1.82, 2.24) is 4.98 Å². The van der Waals surface area contributed by atoms with E-state index in [9.17, 15) is 0 Å². The average molecular weight is 227 g/mol. The summed E-state index contributed by atoms with van der Waals surface area (Å²) < 4.78 is 1.14. The van der Waals surface area contributed by atoms with Crippen molar-refractivity contribution in [3.8, 4) is 0 Å². The molecule has 74 valence electrons. The summed E-state index contributed by atoms with van der Waals surface area (Å²) >= 11 is 7.61. The van der Waals surface area contributed by atoms with Crippen LogP contribution in [0.5, 0.6) is 0 Å². The van der Waals surface area contributed by atoms with Gasteiger partial charge in [-0.15, -0.1) is 0 Å². The molecule has 2 aromatic rings. The highest BCUT2D eigenvalue weighted by atomic mass is 35.5. The molecule has 1 aromatic heterocycles. The van der Waals surface area contributed by atoms with Gasteiger partial charge in [0.15, 0.2) is 5.13 Å². The highest BCUT2D eigenvalue weighted by Crippen LogP contribution is 2.30. The first-order valence-corrected chi connectivity index (χ1v) is 5.70. The molecule has 1 N–H and O–H groups in total. The molecule has 1 aromatic carbocycles. The summed E-state index contributed by atoms with van der Waals surface area (Å²) in [7, 11) is 0. The SMILES string of the molecule is CCNc1nc2c(C)cc(Cl)cc2s1. The summed E-state index contributed by atoms with van der Waals surface area (Å²) in [6.45, 7) is 4.99. The molecule has 0 aliphatic heterocycles. The lowest BCUT2D eigenvalue weighted by Crippen LogP contribution is -1.94. The molecule has 0 aliphatic rings.